The summed E-state index contributed by atoms with van der Waals surface area (Å²) in [6.45, 7) is 13.7. The molecule has 2 atom stereocenters. The van der Waals surface area contributed by atoms with Crippen LogP contribution in [0.15, 0.2) is 18.2 Å². The molecule has 0 aliphatic heterocycles. The second-order valence-corrected chi connectivity index (χ2v) is 10.8. The molecule has 0 heterocycles. The number of carbonyl (C=O) groups excluding carboxylic acids is 5. The molecule has 1 rings (SSSR count). The molecule has 4 amide bonds. The normalized spacial score (nSPS) is 13.1. The van der Waals surface area contributed by atoms with Gasteiger partial charge >= 0.3 is 12.1 Å². The van der Waals surface area contributed by atoms with Crippen LogP contribution >= 0.6 is 0 Å². The molecule has 11 heteroatoms. The third-order valence-corrected chi connectivity index (χ3v) is 6.14. The average molecular weight is 535 g/mol. The van der Waals surface area contributed by atoms with Crippen molar-refractivity contribution in [2.24, 2.45) is 5.73 Å². The van der Waals surface area contributed by atoms with Crippen molar-refractivity contribution in [3.05, 3.63) is 34.9 Å². The van der Waals surface area contributed by atoms with Gasteiger partial charge in [0.15, 0.2) is 0 Å². The first-order valence-electron chi connectivity index (χ1n) is 12.5. The van der Waals surface area contributed by atoms with Gasteiger partial charge in [-0.1, -0.05) is 25.1 Å². The Labute approximate surface area is 224 Å². The zero-order valence-electron chi connectivity index (χ0n) is 23.9. The summed E-state index contributed by atoms with van der Waals surface area (Å²) in [5.74, 6) is -2.84. The van der Waals surface area contributed by atoms with Gasteiger partial charge in [-0.3, -0.25) is 19.2 Å². The minimum absolute atomic E-state index is 0.411. The molecular formula is C27H42N4O7. The quantitative estimate of drug-likeness (QED) is 0.368. The van der Waals surface area contributed by atoms with Crippen molar-refractivity contribution in [1.82, 2.24) is 15.5 Å². The number of aryl methyl sites for hydroxylation is 2. The zero-order chi connectivity index (χ0) is 29.4. The lowest BCUT2D eigenvalue weighted by Crippen LogP contribution is -2.60. The number of primary amides is 1. The van der Waals surface area contributed by atoms with E-state index in [1.165, 1.54) is 12.0 Å². The van der Waals surface area contributed by atoms with Gasteiger partial charge in [-0.2, -0.15) is 0 Å². The van der Waals surface area contributed by atoms with Crippen molar-refractivity contribution in [2.75, 3.05) is 13.7 Å². The number of ether oxygens (including phenoxy) is 2. The van der Waals surface area contributed by atoms with Crippen molar-refractivity contribution in [2.45, 2.75) is 91.5 Å². The lowest BCUT2D eigenvalue weighted by Gasteiger charge is -2.44. The fourth-order valence-corrected chi connectivity index (χ4v) is 3.64. The smallest absolute Gasteiger partial charge is 0.408 e. The van der Waals surface area contributed by atoms with Gasteiger partial charge in [0.25, 0.3) is 0 Å². The van der Waals surface area contributed by atoms with Crippen LogP contribution in [0, 0.1) is 13.8 Å². The number of nitrogens with two attached hydrogens (primary N) is 1. The minimum Gasteiger partial charge on any atom is -0.468 e. The fraction of sp³-hybridized carbons (Fsp3) is 0.593. The molecule has 1 aromatic rings. The zero-order valence-corrected chi connectivity index (χ0v) is 23.9. The predicted octanol–water partition coefficient (Wildman–Crippen LogP) is 2.42. The molecule has 2 unspecified atom stereocenters. The number of amides is 4. The predicted molar refractivity (Wildman–Crippen MR) is 142 cm³/mol. The molecule has 0 radical (unpaired) electrons. The van der Waals surface area contributed by atoms with Gasteiger partial charge in [0.05, 0.1) is 13.5 Å². The second kappa shape index (κ2) is 13.3. The van der Waals surface area contributed by atoms with E-state index in [2.05, 4.69) is 15.4 Å². The highest BCUT2D eigenvalue weighted by molar-refractivity contribution is 5.95. The van der Waals surface area contributed by atoms with E-state index in [1.807, 2.05) is 26.8 Å². The Balaban J connectivity index is 3.70. The average Bonchev–Trinajstić information content (AvgIpc) is 2.80. The monoisotopic (exact) mass is 534 g/mol. The van der Waals surface area contributed by atoms with Crippen LogP contribution in [0.1, 0.15) is 77.1 Å². The van der Waals surface area contributed by atoms with Crippen LogP contribution in [0.3, 0.4) is 0 Å². The Hall–Kier alpha value is -3.63. The topological polar surface area (TPSA) is 157 Å². The van der Waals surface area contributed by atoms with Gasteiger partial charge in [0.2, 0.25) is 17.7 Å². The van der Waals surface area contributed by atoms with Crippen LogP contribution in [0.5, 0.6) is 0 Å². The third-order valence-electron chi connectivity index (χ3n) is 6.14. The van der Waals surface area contributed by atoms with Gasteiger partial charge in [-0.25, -0.2) is 4.79 Å². The number of hydrogen-bond acceptors (Lipinski definition) is 7. The van der Waals surface area contributed by atoms with Crippen molar-refractivity contribution < 1.29 is 33.4 Å². The molecule has 38 heavy (non-hydrogen) atoms. The maximum absolute atomic E-state index is 14.1. The molecule has 212 valence electrons. The molecule has 0 aromatic heterocycles. The summed E-state index contributed by atoms with van der Waals surface area (Å²) in [6, 6.07) is 2.72. The lowest BCUT2D eigenvalue weighted by molar-refractivity contribution is -0.150. The van der Waals surface area contributed by atoms with Crippen molar-refractivity contribution in [3.63, 3.8) is 0 Å². The Bertz CT molecular complexity index is 1050. The summed E-state index contributed by atoms with van der Waals surface area (Å²) in [7, 11) is 1.20. The summed E-state index contributed by atoms with van der Waals surface area (Å²) in [5, 5.41) is 4.99. The van der Waals surface area contributed by atoms with Crippen LogP contribution in [0.4, 0.5) is 4.79 Å². The van der Waals surface area contributed by atoms with Gasteiger partial charge in [-0.15, -0.1) is 0 Å². The number of hydrogen-bond donors (Lipinski definition) is 3. The first kappa shape index (κ1) is 32.4. The molecule has 4 N–H and O–H groups in total. The molecule has 0 saturated carbocycles. The Morgan fingerprint density at radius 2 is 1.63 bits per heavy atom. The van der Waals surface area contributed by atoms with Crippen LogP contribution in [-0.2, 0) is 28.7 Å². The molecule has 0 fully saturated rings. The first-order valence-corrected chi connectivity index (χ1v) is 12.5. The summed E-state index contributed by atoms with van der Waals surface area (Å²) in [4.78, 5) is 65.3. The summed E-state index contributed by atoms with van der Waals surface area (Å²) in [6.07, 6.45) is -1.01. The van der Waals surface area contributed by atoms with E-state index < -0.39 is 66.0 Å². The summed E-state index contributed by atoms with van der Waals surface area (Å²) < 4.78 is 9.92. The van der Waals surface area contributed by atoms with E-state index in [9.17, 15) is 24.0 Å². The van der Waals surface area contributed by atoms with Crippen LogP contribution in [0.25, 0.3) is 0 Å². The third kappa shape index (κ3) is 9.35. The van der Waals surface area contributed by atoms with Crippen LogP contribution < -0.4 is 16.4 Å². The SMILES string of the molecule is CCC(C)(C)N(C(=O)C(CC(N)=O)NC(=O)OC(C)(C)C)C(C(=O)NCC(=O)OC)c1ccc(C)c(C)c1. The first-order chi connectivity index (χ1) is 17.4. The van der Waals surface area contributed by atoms with Crippen molar-refractivity contribution >= 4 is 29.8 Å². The van der Waals surface area contributed by atoms with E-state index in [0.717, 1.165) is 11.1 Å². The molecule has 0 aliphatic carbocycles. The number of nitrogens with zero attached hydrogens (tertiary/aromatic N) is 1. The van der Waals surface area contributed by atoms with Gasteiger partial charge in [0.1, 0.15) is 24.2 Å². The second-order valence-electron chi connectivity index (χ2n) is 10.8. The number of nitrogens with one attached hydrogen (secondary N) is 2. The highest BCUT2D eigenvalue weighted by Gasteiger charge is 2.43. The van der Waals surface area contributed by atoms with Crippen LogP contribution in [-0.4, -0.2) is 65.5 Å². The minimum atomic E-state index is -1.41. The Morgan fingerprint density at radius 3 is 2.11 bits per heavy atom. The molecule has 0 aliphatic rings. The number of rotatable bonds is 11. The van der Waals surface area contributed by atoms with E-state index in [4.69, 9.17) is 10.5 Å². The summed E-state index contributed by atoms with van der Waals surface area (Å²) >= 11 is 0. The molecule has 0 spiro atoms. The van der Waals surface area contributed by atoms with Gasteiger partial charge < -0.3 is 30.7 Å². The number of methoxy groups -OCH3 is 1. The van der Waals surface area contributed by atoms with Gasteiger partial charge in [-0.05, 0) is 71.6 Å². The molecule has 1 aromatic carbocycles. The summed E-state index contributed by atoms with van der Waals surface area (Å²) in [5.41, 5.74) is 5.98. The van der Waals surface area contributed by atoms with Crippen molar-refractivity contribution in [1.29, 1.82) is 0 Å². The Morgan fingerprint density at radius 1 is 1.03 bits per heavy atom. The molecule has 0 bridgehead atoms. The van der Waals surface area contributed by atoms with E-state index >= 15 is 0 Å². The van der Waals surface area contributed by atoms with E-state index in [1.54, 1.807) is 46.8 Å². The molecular weight excluding hydrogens is 492 g/mol. The maximum Gasteiger partial charge on any atom is 0.408 e. The molecule has 0 saturated heterocycles. The fourth-order valence-electron chi connectivity index (χ4n) is 3.64. The number of carbonyl (C=O) groups is 5. The van der Waals surface area contributed by atoms with Crippen LogP contribution in [0.2, 0.25) is 0 Å². The highest BCUT2D eigenvalue weighted by Crippen LogP contribution is 2.33. The maximum atomic E-state index is 14.1. The van der Waals surface area contributed by atoms with Crippen molar-refractivity contribution in [3.8, 4) is 0 Å². The Kier molecular flexibility index (Phi) is 11.3. The number of esters is 1. The van der Waals surface area contributed by atoms with Gasteiger partial charge in [0, 0.05) is 5.54 Å². The highest BCUT2D eigenvalue weighted by atomic mass is 16.6. The van der Waals surface area contributed by atoms with E-state index in [0.29, 0.717) is 12.0 Å². The number of benzene rings is 1. The van der Waals surface area contributed by atoms with E-state index in [-0.39, 0.29) is 0 Å². The standard InChI is InChI=1S/C27H42N4O7/c1-10-27(7,8)31(24(35)19(14-20(28)32)30-25(36)38-26(4,5)6)22(23(34)29-15-21(33)37-9)18-12-11-16(2)17(3)13-18/h11-13,19,22H,10,14-15H2,1-9H3,(H2,28,32)(H,29,34)(H,30,36). The number of alkyl carbamates (subject to hydrolysis) is 1. The molecule has 11 nitrogen and oxygen atoms in total. The lowest BCUT2D eigenvalue weighted by atomic mass is 9.90. The largest absolute Gasteiger partial charge is 0.468 e.